The summed E-state index contributed by atoms with van der Waals surface area (Å²) in [5.41, 5.74) is 0.989. The van der Waals surface area contributed by atoms with Crippen LogP contribution in [0, 0.1) is 10.1 Å². The van der Waals surface area contributed by atoms with Crippen molar-refractivity contribution in [2.75, 3.05) is 25.5 Å². The summed E-state index contributed by atoms with van der Waals surface area (Å²) in [5.74, 6) is -0.954. The number of hydrogen-bond donors (Lipinski definition) is 2. The molecule has 2 aromatic carbocycles. The standard InChI is InChI=1S/C20H18N4O5S/c1-21-15-8-7-14(12-16(15)24(28)29)18(25)22-9-10-23-19(26)17(30-20(23)27)11-13-5-3-2-4-6-13/h2-8,11-12,21H,9-10H2,1H3,(H,22,25)/b17-11-. The molecule has 0 aliphatic carbocycles. The number of carbonyl (C=O) groups excluding carboxylic acids is 3. The van der Waals surface area contributed by atoms with Crippen LogP contribution in [-0.2, 0) is 4.79 Å². The van der Waals surface area contributed by atoms with Gasteiger partial charge in [0, 0.05) is 31.8 Å². The van der Waals surface area contributed by atoms with E-state index in [4.69, 9.17) is 0 Å². The number of amides is 3. The van der Waals surface area contributed by atoms with E-state index in [1.165, 1.54) is 18.2 Å². The van der Waals surface area contributed by atoms with Crippen molar-refractivity contribution in [3.8, 4) is 0 Å². The summed E-state index contributed by atoms with van der Waals surface area (Å²) in [5, 5.41) is 16.0. The van der Waals surface area contributed by atoms with Gasteiger partial charge >= 0.3 is 0 Å². The maximum absolute atomic E-state index is 12.5. The lowest BCUT2D eigenvalue weighted by molar-refractivity contribution is -0.384. The third-order valence-electron chi connectivity index (χ3n) is 4.32. The van der Waals surface area contributed by atoms with E-state index < -0.39 is 22.0 Å². The Balaban J connectivity index is 1.61. The van der Waals surface area contributed by atoms with Gasteiger partial charge in [0.25, 0.3) is 22.7 Å². The van der Waals surface area contributed by atoms with Crippen molar-refractivity contribution in [2.24, 2.45) is 0 Å². The van der Waals surface area contributed by atoms with Crippen molar-refractivity contribution in [1.29, 1.82) is 0 Å². The highest BCUT2D eigenvalue weighted by Gasteiger charge is 2.34. The van der Waals surface area contributed by atoms with Crippen LogP contribution < -0.4 is 10.6 Å². The Hall–Kier alpha value is -3.66. The number of nitrogens with zero attached hydrogens (tertiary/aromatic N) is 2. The first-order valence-electron chi connectivity index (χ1n) is 8.95. The molecule has 1 heterocycles. The quantitative estimate of drug-likeness (QED) is 0.396. The molecule has 1 fully saturated rings. The lowest BCUT2D eigenvalue weighted by Crippen LogP contribution is -2.37. The van der Waals surface area contributed by atoms with Gasteiger partial charge in [0.2, 0.25) is 0 Å². The molecule has 0 spiro atoms. The molecule has 3 amide bonds. The third-order valence-corrected chi connectivity index (χ3v) is 5.23. The predicted molar refractivity (Wildman–Crippen MR) is 114 cm³/mol. The van der Waals surface area contributed by atoms with Crippen LogP contribution in [0.5, 0.6) is 0 Å². The summed E-state index contributed by atoms with van der Waals surface area (Å²) in [6.45, 7) is 0.0241. The lowest BCUT2D eigenvalue weighted by atomic mass is 10.1. The highest BCUT2D eigenvalue weighted by Crippen LogP contribution is 2.31. The van der Waals surface area contributed by atoms with Crippen molar-refractivity contribution in [2.45, 2.75) is 0 Å². The minimum atomic E-state index is -0.581. The second-order valence-electron chi connectivity index (χ2n) is 6.24. The fourth-order valence-electron chi connectivity index (χ4n) is 2.81. The van der Waals surface area contributed by atoms with Crippen LogP contribution in [0.25, 0.3) is 6.08 Å². The maximum Gasteiger partial charge on any atom is 0.293 e. The highest BCUT2D eigenvalue weighted by molar-refractivity contribution is 8.18. The SMILES string of the molecule is CNc1ccc(C(=O)NCCN2C(=O)S/C(=C\c3ccccc3)C2=O)cc1[N+](=O)[O-]. The summed E-state index contributed by atoms with van der Waals surface area (Å²) in [4.78, 5) is 48.9. The first-order valence-corrected chi connectivity index (χ1v) is 9.77. The molecule has 2 N–H and O–H groups in total. The number of carbonyl (C=O) groups is 3. The average molecular weight is 426 g/mol. The Kier molecular flexibility index (Phi) is 6.48. The molecule has 3 rings (SSSR count). The Morgan fingerprint density at radius 2 is 1.93 bits per heavy atom. The first-order chi connectivity index (χ1) is 14.4. The van der Waals surface area contributed by atoms with Gasteiger partial charge in [-0.1, -0.05) is 30.3 Å². The molecular weight excluding hydrogens is 408 g/mol. The average Bonchev–Trinajstić information content (AvgIpc) is 3.01. The summed E-state index contributed by atoms with van der Waals surface area (Å²) >= 11 is 0.845. The Bertz CT molecular complexity index is 1040. The van der Waals surface area contributed by atoms with E-state index in [1.54, 1.807) is 13.1 Å². The van der Waals surface area contributed by atoms with E-state index in [2.05, 4.69) is 10.6 Å². The molecule has 0 unspecified atom stereocenters. The van der Waals surface area contributed by atoms with Crippen molar-refractivity contribution >= 4 is 46.3 Å². The normalized spacial score (nSPS) is 14.8. The van der Waals surface area contributed by atoms with Crippen LogP contribution in [0.15, 0.2) is 53.4 Å². The number of nitro groups is 1. The summed E-state index contributed by atoms with van der Waals surface area (Å²) in [6, 6.07) is 13.2. The number of rotatable bonds is 7. The molecule has 2 aromatic rings. The fraction of sp³-hybridized carbons (Fsp3) is 0.150. The smallest absolute Gasteiger partial charge is 0.293 e. The van der Waals surface area contributed by atoms with Crippen LogP contribution in [0.2, 0.25) is 0 Å². The van der Waals surface area contributed by atoms with Crippen LogP contribution in [-0.4, -0.2) is 47.0 Å². The molecule has 1 aliphatic heterocycles. The summed E-state index contributed by atoms with van der Waals surface area (Å²) < 4.78 is 0. The van der Waals surface area contributed by atoms with Gasteiger partial charge < -0.3 is 10.6 Å². The molecule has 1 aliphatic rings. The van der Waals surface area contributed by atoms with E-state index >= 15 is 0 Å². The minimum absolute atomic E-state index is 0.000765. The topological polar surface area (TPSA) is 122 Å². The molecule has 1 saturated heterocycles. The van der Waals surface area contributed by atoms with E-state index in [0.29, 0.717) is 10.6 Å². The maximum atomic E-state index is 12.5. The fourth-order valence-corrected chi connectivity index (χ4v) is 3.68. The van der Waals surface area contributed by atoms with Gasteiger partial charge in [-0.25, -0.2) is 0 Å². The van der Waals surface area contributed by atoms with Crippen molar-refractivity contribution in [3.63, 3.8) is 0 Å². The molecule has 10 heteroatoms. The molecule has 9 nitrogen and oxygen atoms in total. The van der Waals surface area contributed by atoms with Gasteiger partial charge in [-0.05, 0) is 35.5 Å². The Labute approximate surface area is 176 Å². The monoisotopic (exact) mass is 426 g/mol. The zero-order valence-electron chi connectivity index (χ0n) is 16.0. The molecule has 0 bridgehead atoms. The van der Waals surface area contributed by atoms with E-state index in [1.807, 2.05) is 30.3 Å². The molecular formula is C20H18N4O5S. The first kappa shape index (κ1) is 21.1. The Morgan fingerprint density at radius 3 is 2.60 bits per heavy atom. The zero-order valence-corrected chi connectivity index (χ0v) is 16.8. The predicted octanol–water partition coefficient (Wildman–Crippen LogP) is 3.10. The van der Waals surface area contributed by atoms with Gasteiger partial charge in [-0.15, -0.1) is 0 Å². The van der Waals surface area contributed by atoms with Crippen LogP contribution in [0.4, 0.5) is 16.2 Å². The van der Waals surface area contributed by atoms with Gasteiger partial charge in [-0.2, -0.15) is 0 Å². The highest BCUT2D eigenvalue weighted by atomic mass is 32.2. The van der Waals surface area contributed by atoms with E-state index in [-0.39, 0.29) is 24.3 Å². The minimum Gasteiger partial charge on any atom is -0.383 e. The number of nitro benzene ring substituents is 1. The summed E-state index contributed by atoms with van der Waals surface area (Å²) in [7, 11) is 1.55. The number of hydrogen-bond acceptors (Lipinski definition) is 7. The number of benzene rings is 2. The second kappa shape index (κ2) is 9.23. The van der Waals surface area contributed by atoms with Crippen molar-refractivity contribution in [3.05, 3.63) is 74.7 Å². The van der Waals surface area contributed by atoms with Gasteiger partial charge in [-0.3, -0.25) is 29.4 Å². The van der Waals surface area contributed by atoms with Gasteiger partial charge in [0.05, 0.1) is 9.83 Å². The number of thioether (sulfide) groups is 1. The van der Waals surface area contributed by atoms with E-state index in [0.717, 1.165) is 22.2 Å². The summed E-state index contributed by atoms with van der Waals surface area (Å²) in [6.07, 6.45) is 1.64. The lowest BCUT2D eigenvalue weighted by Gasteiger charge is -2.13. The van der Waals surface area contributed by atoms with Crippen LogP contribution in [0.1, 0.15) is 15.9 Å². The van der Waals surface area contributed by atoms with Crippen LogP contribution >= 0.6 is 11.8 Å². The van der Waals surface area contributed by atoms with Crippen molar-refractivity contribution in [1.82, 2.24) is 10.2 Å². The molecule has 30 heavy (non-hydrogen) atoms. The molecule has 0 atom stereocenters. The number of imide groups is 1. The zero-order chi connectivity index (χ0) is 21.7. The van der Waals surface area contributed by atoms with Gasteiger partial charge in [0.15, 0.2) is 0 Å². The second-order valence-corrected chi connectivity index (χ2v) is 7.23. The number of nitrogens with one attached hydrogen (secondary N) is 2. The van der Waals surface area contributed by atoms with E-state index in [9.17, 15) is 24.5 Å². The van der Waals surface area contributed by atoms with Gasteiger partial charge in [0.1, 0.15) is 5.69 Å². The third kappa shape index (κ3) is 4.66. The number of anilines is 1. The molecule has 0 radical (unpaired) electrons. The largest absolute Gasteiger partial charge is 0.383 e. The van der Waals surface area contributed by atoms with Crippen LogP contribution in [0.3, 0.4) is 0 Å². The molecule has 0 saturated carbocycles. The Morgan fingerprint density at radius 1 is 1.20 bits per heavy atom. The van der Waals surface area contributed by atoms with Crippen molar-refractivity contribution < 1.29 is 19.3 Å². The molecule has 0 aromatic heterocycles. The molecule has 154 valence electrons.